The van der Waals surface area contributed by atoms with E-state index in [1.54, 1.807) is 4.68 Å². The fourth-order valence-corrected chi connectivity index (χ4v) is 2.83. The molecule has 2 rings (SSSR count). The predicted molar refractivity (Wildman–Crippen MR) is 83.6 cm³/mol. The van der Waals surface area contributed by atoms with Crippen molar-refractivity contribution in [1.82, 2.24) is 9.36 Å². The first kappa shape index (κ1) is 14.4. The van der Waals surface area contributed by atoms with Crippen LogP contribution in [0.2, 0.25) is 0 Å². The van der Waals surface area contributed by atoms with E-state index in [-0.39, 0.29) is 11.0 Å². The van der Waals surface area contributed by atoms with E-state index in [1.807, 2.05) is 37.7 Å². The van der Waals surface area contributed by atoms with Gasteiger partial charge in [-0.2, -0.15) is 0 Å². The van der Waals surface area contributed by atoms with Gasteiger partial charge in [-0.25, -0.2) is 4.68 Å². The Kier molecular flexibility index (Phi) is 3.28. The van der Waals surface area contributed by atoms with Gasteiger partial charge in [-0.1, -0.05) is 38.5 Å². The lowest BCUT2D eigenvalue weighted by Crippen LogP contribution is -2.23. The molecule has 108 valence electrons. The summed E-state index contributed by atoms with van der Waals surface area (Å²) in [5.74, 6) is 0. The van der Waals surface area contributed by atoms with Crippen LogP contribution in [0, 0.1) is 13.8 Å². The molecule has 0 atom stereocenters. The quantitative estimate of drug-likeness (QED) is 0.868. The molecule has 2 aromatic rings. The van der Waals surface area contributed by atoms with Crippen LogP contribution in [0.5, 0.6) is 0 Å². The summed E-state index contributed by atoms with van der Waals surface area (Å²) in [6.07, 6.45) is 0. The Hall–Kier alpha value is -1.97. The van der Waals surface area contributed by atoms with Crippen LogP contribution in [0.4, 0.5) is 5.69 Å². The van der Waals surface area contributed by atoms with Crippen LogP contribution in [0.25, 0.3) is 5.69 Å². The van der Waals surface area contributed by atoms with E-state index in [4.69, 9.17) is 5.73 Å². The summed E-state index contributed by atoms with van der Waals surface area (Å²) in [5, 5.41) is 0. The van der Waals surface area contributed by atoms with E-state index in [9.17, 15) is 4.79 Å². The first-order valence-corrected chi connectivity index (χ1v) is 6.80. The molecule has 2 N–H and O–H groups in total. The molecule has 0 aliphatic carbocycles. The summed E-state index contributed by atoms with van der Waals surface area (Å²) in [6.45, 7) is 10.2. The molecule has 0 saturated heterocycles. The van der Waals surface area contributed by atoms with Gasteiger partial charge in [0.05, 0.1) is 11.4 Å². The SMILES string of the molecule is Cc1ccc(-n2c(=O)c(N)c(C(C)(C)C)n2C)c(C)c1. The van der Waals surface area contributed by atoms with Crippen molar-refractivity contribution >= 4 is 5.69 Å². The molecule has 0 spiro atoms. The molecule has 0 amide bonds. The number of anilines is 1. The molecular weight excluding hydrogens is 250 g/mol. The Morgan fingerprint density at radius 3 is 2.20 bits per heavy atom. The first-order valence-electron chi connectivity index (χ1n) is 6.80. The van der Waals surface area contributed by atoms with Crippen LogP contribution in [0.1, 0.15) is 37.6 Å². The van der Waals surface area contributed by atoms with E-state index in [0.717, 1.165) is 16.9 Å². The number of aryl methyl sites for hydroxylation is 2. The number of rotatable bonds is 1. The minimum Gasteiger partial charge on any atom is -0.393 e. The van der Waals surface area contributed by atoms with E-state index in [2.05, 4.69) is 26.8 Å². The highest BCUT2D eigenvalue weighted by Crippen LogP contribution is 2.27. The molecule has 0 bridgehead atoms. The lowest BCUT2D eigenvalue weighted by molar-refractivity contribution is 0.501. The molecule has 1 aromatic heterocycles. The minimum atomic E-state index is -0.179. The van der Waals surface area contributed by atoms with Crippen molar-refractivity contribution in [2.24, 2.45) is 7.05 Å². The van der Waals surface area contributed by atoms with Gasteiger partial charge >= 0.3 is 0 Å². The second kappa shape index (κ2) is 4.54. The average molecular weight is 273 g/mol. The number of nitrogens with zero attached hydrogens (tertiary/aromatic N) is 2. The Morgan fingerprint density at radius 2 is 1.75 bits per heavy atom. The highest BCUT2D eigenvalue weighted by atomic mass is 16.1. The second-order valence-corrected chi connectivity index (χ2v) is 6.44. The van der Waals surface area contributed by atoms with Crippen molar-refractivity contribution in [2.45, 2.75) is 40.0 Å². The zero-order chi connectivity index (χ0) is 15.2. The molecule has 0 aliphatic rings. The van der Waals surface area contributed by atoms with Crippen molar-refractivity contribution < 1.29 is 0 Å². The third-order valence-corrected chi connectivity index (χ3v) is 3.59. The maximum atomic E-state index is 12.5. The van der Waals surface area contributed by atoms with Crippen molar-refractivity contribution in [3.8, 4) is 5.69 Å². The fourth-order valence-electron chi connectivity index (χ4n) is 2.83. The zero-order valence-corrected chi connectivity index (χ0v) is 13.1. The van der Waals surface area contributed by atoms with Gasteiger partial charge in [0, 0.05) is 12.5 Å². The second-order valence-electron chi connectivity index (χ2n) is 6.44. The van der Waals surface area contributed by atoms with Crippen molar-refractivity contribution in [2.75, 3.05) is 5.73 Å². The van der Waals surface area contributed by atoms with E-state index >= 15 is 0 Å². The normalized spacial score (nSPS) is 11.9. The van der Waals surface area contributed by atoms with Crippen LogP contribution in [-0.4, -0.2) is 9.36 Å². The molecule has 0 unspecified atom stereocenters. The Balaban J connectivity index is 2.80. The van der Waals surface area contributed by atoms with Gasteiger partial charge in [0.25, 0.3) is 5.56 Å². The average Bonchev–Trinajstić information content (AvgIpc) is 2.51. The highest BCUT2D eigenvalue weighted by molar-refractivity contribution is 5.50. The van der Waals surface area contributed by atoms with E-state index in [1.165, 1.54) is 5.56 Å². The molecular formula is C16H23N3O. The lowest BCUT2D eigenvalue weighted by Gasteiger charge is -2.21. The standard InChI is InChI=1S/C16H23N3O/c1-10-7-8-12(11(2)9-10)19-15(20)13(17)14(18(19)6)16(3,4)5/h7-9H,17H2,1-6H3. The Bertz CT molecular complexity index is 715. The minimum absolute atomic E-state index is 0.149. The first-order chi connectivity index (χ1) is 9.14. The van der Waals surface area contributed by atoms with Gasteiger partial charge in [-0.05, 0) is 25.5 Å². The summed E-state index contributed by atoms with van der Waals surface area (Å²) in [4.78, 5) is 12.5. The van der Waals surface area contributed by atoms with Crippen LogP contribution in [0.3, 0.4) is 0 Å². The van der Waals surface area contributed by atoms with Crippen LogP contribution in [-0.2, 0) is 12.5 Å². The van der Waals surface area contributed by atoms with E-state index in [0.29, 0.717) is 5.69 Å². The molecule has 20 heavy (non-hydrogen) atoms. The molecule has 1 heterocycles. The van der Waals surface area contributed by atoms with Crippen molar-refractivity contribution in [1.29, 1.82) is 0 Å². The highest BCUT2D eigenvalue weighted by Gasteiger charge is 2.26. The van der Waals surface area contributed by atoms with Gasteiger partial charge in [0.15, 0.2) is 0 Å². The van der Waals surface area contributed by atoms with Crippen LogP contribution < -0.4 is 11.3 Å². The molecule has 4 nitrogen and oxygen atoms in total. The Labute approximate surface area is 119 Å². The number of nitrogens with two attached hydrogens (primary N) is 1. The summed E-state index contributed by atoms with van der Waals surface area (Å²) in [7, 11) is 1.89. The molecule has 0 saturated carbocycles. The number of nitrogen functional groups attached to an aromatic ring is 1. The molecule has 0 fully saturated rings. The predicted octanol–water partition coefficient (Wildman–Crippen LogP) is 2.67. The summed E-state index contributed by atoms with van der Waals surface area (Å²) >= 11 is 0. The summed E-state index contributed by atoms with van der Waals surface area (Å²) in [6, 6.07) is 6.05. The number of benzene rings is 1. The maximum Gasteiger partial charge on any atom is 0.294 e. The van der Waals surface area contributed by atoms with Gasteiger partial charge in [-0.15, -0.1) is 0 Å². The summed E-state index contributed by atoms with van der Waals surface area (Å²) < 4.78 is 3.53. The summed E-state index contributed by atoms with van der Waals surface area (Å²) in [5.41, 5.74) is 10.0. The molecule has 4 heteroatoms. The van der Waals surface area contributed by atoms with Crippen molar-refractivity contribution in [3.63, 3.8) is 0 Å². The number of hydrogen-bond acceptors (Lipinski definition) is 2. The lowest BCUT2D eigenvalue weighted by atomic mass is 9.91. The third kappa shape index (κ3) is 2.15. The zero-order valence-electron chi connectivity index (χ0n) is 13.1. The van der Waals surface area contributed by atoms with Gasteiger partial charge in [0.1, 0.15) is 5.69 Å². The van der Waals surface area contributed by atoms with Crippen molar-refractivity contribution in [3.05, 3.63) is 45.4 Å². The van der Waals surface area contributed by atoms with E-state index < -0.39 is 0 Å². The number of hydrogen-bond donors (Lipinski definition) is 1. The fraction of sp³-hybridized carbons (Fsp3) is 0.438. The van der Waals surface area contributed by atoms with Gasteiger partial charge < -0.3 is 5.73 Å². The monoisotopic (exact) mass is 273 g/mol. The molecule has 0 radical (unpaired) electrons. The molecule has 1 aromatic carbocycles. The van der Waals surface area contributed by atoms with Gasteiger partial charge in [-0.3, -0.25) is 9.48 Å². The smallest absolute Gasteiger partial charge is 0.294 e. The maximum absolute atomic E-state index is 12.5. The largest absolute Gasteiger partial charge is 0.393 e. The third-order valence-electron chi connectivity index (χ3n) is 3.59. The van der Waals surface area contributed by atoms with Gasteiger partial charge in [0.2, 0.25) is 0 Å². The molecule has 0 aliphatic heterocycles. The number of aromatic nitrogens is 2. The topological polar surface area (TPSA) is 52.9 Å². The Morgan fingerprint density at radius 1 is 1.15 bits per heavy atom. The van der Waals surface area contributed by atoms with Crippen LogP contribution >= 0.6 is 0 Å². The van der Waals surface area contributed by atoms with Crippen LogP contribution in [0.15, 0.2) is 23.0 Å².